The first-order chi connectivity index (χ1) is 12.5. The third-order valence-electron chi connectivity index (χ3n) is 4.42. The van der Waals surface area contributed by atoms with Crippen LogP contribution < -0.4 is 5.43 Å². The van der Waals surface area contributed by atoms with Crippen molar-refractivity contribution in [3.63, 3.8) is 0 Å². The minimum Gasteiger partial charge on any atom is -0.245 e. The second kappa shape index (κ2) is 10.0. The Morgan fingerprint density at radius 1 is 1.04 bits per heavy atom. The lowest BCUT2D eigenvalue weighted by Crippen LogP contribution is -2.08. The topological polar surface area (TPSA) is 50.2 Å². The Morgan fingerprint density at radius 3 is 2.38 bits per heavy atom. The molecule has 26 heavy (non-hydrogen) atoms. The molecule has 0 radical (unpaired) electrons. The van der Waals surface area contributed by atoms with E-state index in [2.05, 4.69) is 78.5 Å². The summed E-state index contributed by atoms with van der Waals surface area (Å²) in [6.45, 7) is 10.8. The van der Waals surface area contributed by atoms with Crippen molar-refractivity contribution in [3.05, 3.63) is 52.8 Å². The van der Waals surface area contributed by atoms with Crippen molar-refractivity contribution in [1.29, 1.82) is 0 Å². The molecule has 2 rings (SSSR count). The normalized spacial score (nSPS) is 11.8. The molecule has 140 valence electrons. The first kappa shape index (κ1) is 20.1. The number of unbranched alkanes of at least 4 members (excludes halogenated alkanes) is 1. The quantitative estimate of drug-likeness (QED) is 0.463. The third kappa shape index (κ3) is 5.65. The van der Waals surface area contributed by atoms with E-state index in [4.69, 9.17) is 0 Å². The van der Waals surface area contributed by atoms with Crippen LogP contribution in [0, 0.1) is 0 Å². The summed E-state index contributed by atoms with van der Waals surface area (Å²) in [7, 11) is 0. The highest BCUT2D eigenvalue weighted by Gasteiger charge is 2.09. The Labute approximate surface area is 158 Å². The second-order valence-corrected chi connectivity index (χ2v) is 7.08. The summed E-state index contributed by atoms with van der Waals surface area (Å²) < 4.78 is 0. The van der Waals surface area contributed by atoms with Crippen molar-refractivity contribution >= 4 is 11.7 Å². The Bertz CT molecular complexity index is 735. The number of aromatic nitrogens is 2. The van der Waals surface area contributed by atoms with E-state index < -0.39 is 0 Å². The van der Waals surface area contributed by atoms with E-state index in [9.17, 15) is 0 Å². The number of hydrogen-bond acceptors (Lipinski definition) is 4. The van der Waals surface area contributed by atoms with Crippen molar-refractivity contribution in [2.24, 2.45) is 5.10 Å². The van der Waals surface area contributed by atoms with Crippen LogP contribution in [0.5, 0.6) is 0 Å². The largest absolute Gasteiger partial charge is 0.245 e. The van der Waals surface area contributed by atoms with Gasteiger partial charge in [-0.25, -0.2) is 15.4 Å². The number of aryl methyl sites for hydroxylation is 2. The summed E-state index contributed by atoms with van der Waals surface area (Å²) in [5.74, 6) is 1.06. The number of benzene rings is 1. The standard InChI is InChI=1S/C22H32N4/c1-6-8-12-19-15-18(11-7-2)23-22(24-19)26-25-17(5)21-14-10-9-13-20(21)16(3)4/h9-10,13-16H,6-8,11-12H2,1-5H3,(H,23,24,26). The smallest absolute Gasteiger partial charge is 0.243 e. The van der Waals surface area contributed by atoms with E-state index in [-0.39, 0.29) is 0 Å². The lowest BCUT2D eigenvalue weighted by atomic mass is 9.95. The molecule has 1 aromatic carbocycles. The number of anilines is 1. The van der Waals surface area contributed by atoms with Crippen LogP contribution in [0.3, 0.4) is 0 Å². The average molecular weight is 353 g/mol. The van der Waals surface area contributed by atoms with Gasteiger partial charge in [0.1, 0.15) is 0 Å². The summed E-state index contributed by atoms with van der Waals surface area (Å²) in [5.41, 5.74) is 8.71. The van der Waals surface area contributed by atoms with Crippen LogP contribution in [-0.4, -0.2) is 15.7 Å². The summed E-state index contributed by atoms with van der Waals surface area (Å²) >= 11 is 0. The van der Waals surface area contributed by atoms with Crippen LogP contribution >= 0.6 is 0 Å². The molecule has 1 aromatic heterocycles. The maximum Gasteiger partial charge on any atom is 0.243 e. The van der Waals surface area contributed by atoms with Crippen LogP contribution in [0.15, 0.2) is 35.4 Å². The van der Waals surface area contributed by atoms with E-state index in [1.165, 1.54) is 17.5 Å². The van der Waals surface area contributed by atoms with E-state index in [1.54, 1.807) is 0 Å². The minimum absolute atomic E-state index is 0.459. The van der Waals surface area contributed by atoms with Gasteiger partial charge in [0, 0.05) is 17.0 Å². The SMILES string of the molecule is CCCCc1cc(CCC)nc(NN=C(C)c2ccccc2C(C)C)n1. The third-order valence-corrected chi connectivity index (χ3v) is 4.42. The van der Waals surface area contributed by atoms with Crippen molar-refractivity contribution in [2.75, 3.05) is 5.43 Å². The van der Waals surface area contributed by atoms with E-state index in [0.29, 0.717) is 11.9 Å². The van der Waals surface area contributed by atoms with Gasteiger partial charge in [0.25, 0.3) is 0 Å². The molecule has 0 unspecified atom stereocenters. The Balaban J connectivity index is 2.24. The molecular formula is C22H32N4. The lowest BCUT2D eigenvalue weighted by molar-refractivity contribution is 0.765. The maximum absolute atomic E-state index is 4.65. The number of nitrogens with zero attached hydrogens (tertiary/aromatic N) is 3. The lowest BCUT2D eigenvalue weighted by Gasteiger charge is -2.12. The molecule has 0 bridgehead atoms. The van der Waals surface area contributed by atoms with Gasteiger partial charge in [0.15, 0.2) is 0 Å². The van der Waals surface area contributed by atoms with Crippen LogP contribution in [0.25, 0.3) is 0 Å². The Morgan fingerprint density at radius 2 is 1.73 bits per heavy atom. The summed E-state index contributed by atoms with van der Waals surface area (Å²) in [6, 6.07) is 10.6. The monoisotopic (exact) mass is 352 g/mol. The fraction of sp³-hybridized carbons (Fsp3) is 0.500. The van der Waals surface area contributed by atoms with Gasteiger partial charge in [-0.2, -0.15) is 5.10 Å². The molecule has 2 aromatic rings. The molecule has 0 aliphatic heterocycles. The number of rotatable bonds is 9. The highest BCUT2D eigenvalue weighted by atomic mass is 15.4. The zero-order valence-corrected chi connectivity index (χ0v) is 16.8. The highest BCUT2D eigenvalue weighted by molar-refractivity contribution is 6.00. The van der Waals surface area contributed by atoms with E-state index in [0.717, 1.165) is 42.8 Å². The predicted molar refractivity (Wildman–Crippen MR) is 111 cm³/mol. The molecule has 0 saturated heterocycles. The minimum atomic E-state index is 0.459. The predicted octanol–water partition coefficient (Wildman–Crippen LogP) is 5.73. The van der Waals surface area contributed by atoms with Crippen LogP contribution in [0.4, 0.5) is 5.95 Å². The zero-order chi connectivity index (χ0) is 18.9. The summed E-state index contributed by atoms with van der Waals surface area (Å²) in [6.07, 6.45) is 5.34. The van der Waals surface area contributed by atoms with Gasteiger partial charge >= 0.3 is 0 Å². The molecule has 1 N–H and O–H groups in total. The molecule has 0 aliphatic carbocycles. The van der Waals surface area contributed by atoms with Crippen LogP contribution in [0.1, 0.15) is 82.3 Å². The van der Waals surface area contributed by atoms with Gasteiger partial charge in [-0.05, 0) is 43.7 Å². The number of hydrazone groups is 1. The van der Waals surface area contributed by atoms with Crippen LogP contribution in [0.2, 0.25) is 0 Å². The molecule has 0 aliphatic rings. The molecule has 0 spiro atoms. The highest BCUT2D eigenvalue weighted by Crippen LogP contribution is 2.20. The Hall–Kier alpha value is -2.23. The van der Waals surface area contributed by atoms with E-state index >= 15 is 0 Å². The molecule has 0 saturated carbocycles. The molecule has 0 amide bonds. The maximum atomic E-state index is 4.65. The molecule has 0 atom stereocenters. The molecular weight excluding hydrogens is 320 g/mol. The average Bonchev–Trinajstić information content (AvgIpc) is 2.64. The van der Waals surface area contributed by atoms with E-state index in [1.807, 2.05) is 6.92 Å². The van der Waals surface area contributed by atoms with Gasteiger partial charge in [-0.15, -0.1) is 0 Å². The fourth-order valence-corrected chi connectivity index (χ4v) is 3.00. The van der Waals surface area contributed by atoms with Crippen molar-refractivity contribution in [1.82, 2.24) is 9.97 Å². The Kier molecular flexibility index (Phi) is 7.76. The fourth-order valence-electron chi connectivity index (χ4n) is 3.00. The van der Waals surface area contributed by atoms with Crippen molar-refractivity contribution < 1.29 is 0 Å². The van der Waals surface area contributed by atoms with Gasteiger partial charge in [-0.1, -0.05) is 64.8 Å². The molecule has 1 heterocycles. The first-order valence-corrected chi connectivity index (χ1v) is 9.81. The van der Waals surface area contributed by atoms with Gasteiger partial charge in [0.2, 0.25) is 5.95 Å². The van der Waals surface area contributed by atoms with Gasteiger partial charge in [-0.3, -0.25) is 0 Å². The van der Waals surface area contributed by atoms with Crippen LogP contribution in [-0.2, 0) is 12.8 Å². The molecule has 4 nitrogen and oxygen atoms in total. The molecule has 0 fully saturated rings. The number of nitrogens with one attached hydrogen (secondary N) is 1. The summed E-state index contributed by atoms with van der Waals surface area (Å²) in [5, 5.41) is 4.57. The zero-order valence-electron chi connectivity index (χ0n) is 16.8. The number of hydrogen-bond donors (Lipinski definition) is 1. The first-order valence-electron chi connectivity index (χ1n) is 9.81. The summed E-state index contributed by atoms with van der Waals surface area (Å²) in [4.78, 5) is 9.27. The molecule has 4 heteroatoms. The van der Waals surface area contributed by atoms with Crippen molar-refractivity contribution in [3.8, 4) is 0 Å². The van der Waals surface area contributed by atoms with Gasteiger partial charge < -0.3 is 0 Å². The second-order valence-electron chi connectivity index (χ2n) is 7.08. The van der Waals surface area contributed by atoms with Crippen molar-refractivity contribution in [2.45, 2.75) is 72.6 Å². The van der Waals surface area contributed by atoms with Gasteiger partial charge in [0.05, 0.1) is 5.71 Å².